The van der Waals surface area contributed by atoms with Crippen LogP contribution in [0.5, 0.6) is 0 Å². The van der Waals surface area contributed by atoms with E-state index in [2.05, 4.69) is 16.8 Å². The van der Waals surface area contributed by atoms with Crippen molar-refractivity contribution in [1.82, 2.24) is 9.80 Å². The second-order valence-electron chi connectivity index (χ2n) is 5.28. The van der Waals surface area contributed by atoms with Gasteiger partial charge in [-0.15, -0.1) is 0 Å². The van der Waals surface area contributed by atoms with Crippen LogP contribution in [0.4, 0.5) is 13.2 Å². The molecule has 1 aromatic rings. The van der Waals surface area contributed by atoms with Crippen LogP contribution in [0.15, 0.2) is 18.2 Å². The second-order valence-corrected chi connectivity index (χ2v) is 5.28. The van der Waals surface area contributed by atoms with Gasteiger partial charge in [-0.2, -0.15) is 13.2 Å². The fourth-order valence-corrected chi connectivity index (χ4v) is 2.38. The third-order valence-corrected chi connectivity index (χ3v) is 3.47. The highest BCUT2D eigenvalue weighted by molar-refractivity contribution is 5.31. The summed E-state index contributed by atoms with van der Waals surface area (Å²) in [5, 5.41) is 0. The van der Waals surface area contributed by atoms with Gasteiger partial charge in [0.15, 0.2) is 0 Å². The smallest absolute Gasteiger partial charge is 0.304 e. The Kier molecular flexibility index (Phi) is 6.68. The number of likely N-dealkylation sites (N-methyl/N-ethyl adjacent to an activating group) is 1. The molecular formula is C16H25F3N2. The molecule has 2 rings (SSSR count). The third-order valence-electron chi connectivity index (χ3n) is 3.47. The predicted octanol–water partition coefficient (Wildman–Crippen LogP) is 3.79. The van der Waals surface area contributed by atoms with Gasteiger partial charge in [-0.3, -0.25) is 4.90 Å². The summed E-state index contributed by atoms with van der Waals surface area (Å²) in [6.45, 7) is 10.1. The van der Waals surface area contributed by atoms with Crippen LogP contribution in [0, 0.1) is 6.92 Å². The second kappa shape index (κ2) is 7.80. The lowest BCUT2D eigenvalue weighted by Crippen LogP contribution is -2.43. The first-order valence-electron chi connectivity index (χ1n) is 7.43. The first kappa shape index (κ1) is 18.0. The summed E-state index contributed by atoms with van der Waals surface area (Å²) in [5.41, 5.74) is 0.868. The zero-order valence-corrected chi connectivity index (χ0v) is 13.3. The van der Waals surface area contributed by atoms with E-state index in [-0.39, 0.29) is 0 Å². The standard InChI is InChI=1S/C14H19F3N2.C2H6/c1-11-7-12(9-13(8-11)14(15,16)17)10-19-5-3-18(2)4-6-19;1-2/h7-9H,3-6,10H2,1-2H3;1-2H3. The minimum Gasteiger partial charge on any atom is -0.304 e. The Hall–Kier alpha value is -1.07. The summed E-state index contributed by atoms with van der Waals surface area (Å²) in [5.74, 6) is 0. The number of nitrogens with zero attached hydrogens (tertiary/aromatic N) is 2. The highest BCUT2D eigenvalue weighted by Gasteiger charge is 2.31. The molecule has 21 heavy (non-hydrogen) atoms. The molecule has 0 N–H and O–H groups in total. The summed E-state index contributed by atoms with van der Waals surface area (Å²) in [6, 6.07) is 4.31. The van der Waals surface area contributed by atoms with Crippen molar-refractivity contribution in [2.75, 3.05) is 33.2 Å². The molecular weight excluding hydrogens is 277 g/mol. The van der Waals surface area contributed by atoms with Gasteiger partial charge in [-0.05, 0) is 31.7 Å². The van der Waals surface area contributed by atoms with E-state index >= 15 is 0 Å². The molecule has 0 radical (unpaired) electrons. The monoisotopic (exact) mass is 302 g/mol. The number of benzene rings is 1. The number of halogens is 3. The topological polar surface area (TPSA) is 6.48 Å². The molecule has 0 bridgehead atoms. The van der Waals surface area contributed by atoms with Crippen LogP contribution in [-0.4, -0.2) is 43.0 Å². The van der Waals surface area contributed by atoms with E-state index in [9.17, 15) is 13.2 Å². The number of rotatable bonds is 2. The van der Waals surface area contributed by atoms with Crippen molar-refractivity contribution in [2.24, 2.45) is 0 Å². The molecule has 1 saturated heterocycles. The summed E-state index contributed by atoms with van der Waals surface area (Å²) in [4.78, 5) is 4.43. The largest absolute Gasteiger partial charge is 0.416 e. The Labute approximate surface area is 125 Å². The van der Waals surface area contributed by atoms with E-state index < -0.39 is 11.7 Å². The van der Waals surface area contributed by atoms with Gasteiger partial charge in [-0.25, -0.2) is 0 Å². The van der Waals surface area contributed by atoms with E-state index in [0.29, 0.717) is 12.1 Å². The Morgan fingerprint density at radius 2 is 1.57 bits per heavy atom. The highest BCUT2D eigenvalue weighted by atomic mass is 19.4. The minimum absolute atomic E-state index is 0.545. The molecule has 0 aliphatic carbocycles. The Balaban J connectivity index is 0.00000106. The van der Waals surface area contributed by atoms with Gasteiger partial charge in [0.25, 0.3) is 0 Å². The normalized spacial score (nSPS) is 17.3. The molecule has 1 fully saturated rings. The maximum atomic E-state index is 12.8. The average molecular weight is 302 g/mol. The number of aryl methyl sites for hydroxylation is 1. The lowest BCUT2D eigenvalue weighted by Gasteiger charge is -2.32. The molecule has 1 heterocycles. The average Bonchev–Trinajstić information content (AvgIpc) is 2.42. The maximum Gasteiger partial charge on any atom is 0.416 e. The van der Waals surface area contributed by atoms with Crippen LogP contribution in [0.3, 0.4) is 0 Å². The Morgan fingerprint density at radius 1 is 1.00 bits per heavy atom. The molecule has 0 unspecified atom stereocenters. The lowest BCUT2D eigenvalue weighted by molar-refractivity contribution is -0.137. The van der Waals surface area contributed by atoms with E-state index in [1.165, 1.54) is 12.1 Å². The fraction of sp³-hybridized carbons (Fsp3) is 0.625. The number of alkyl halides is 3. The van der Waals surface area contributed by atoms with Gasteiger partial charge < -0.3 is 4.90 Å². The molecule has 2 nitrogen and oxygen atoms in total. The quantitative estimate of drug-likeness (QED) is 0.820. The Morgan fingerprint density at radius 3 is 2.10 bits per heavy atom. The van der Waals surface area contributed by atoms with Crippen molar-refractivity contribution in [3.05, 3.63) is 34.9 Å². The van der Waals surface area contributed by atoms with E-state index in [1.807, 2.05) is 19.9 Å². The zero-order chi connectivity index (χ0) is 16.0. The predicted molar refractivity (Wildman–Crippen MR) is 80.3 cm³/mol. The molecule has 0 aromatic heterocycles. The molecule has 1 aliphatic rings. The summed E-state index contributed by atoms with van der Waals surface area (Å²) >= 11 is 0. The Bertz CT molecular complexity index is 436. The van der Waals surface area contributed by atoms with Crippen LogP contribution < -0.4 is 0 Å². The van der Waals surface area contributed by atoms with Gasteiger partial charge >= 0.3 is 6.18 Å². The maximum absolute atomic E-state index is 12.8. The summed E-state index contributed by atoms with van der Waals surface area (Å²) in [7, 11) is 2.06. The lowest BCUT2D eigenvalue weighted by atomic mass is 10.1. The van der Waals surface area contributed by atoms with Crippen molar-refractivity contribution in [1.29, 1.82) is 0 Å². The van der Waals surface area contributed by atoms with E-state index in [1.54, 1.807) is 6.92 Å². The summed E-state index contributed by atoms with van der Waals surface area (Å²) in [6.07, 6.45) is -4.26. The SMILES string of the molecule is CC.Cc1cc(CN2CCN(C)CC2)cc(C(F)(F)F)c1. The van der Waals surface area contributed by atoms with Crippen molar-refractivity contribution < 1.29 is 13.2 Å². The van der Waals surface area contributed by atoms with Crippen molar-refractivity contribution in [2.45, 2.75) is 33.5 Å². The zero-order valence-electron chi connectivity index (χ0n) is 13.3. The van der Waals surface area contributed by atoms with Crippen molar-refractivity contribution >= 4 is 0 Å². The number of hydrogen-bond donors (Lipinski definition) is 0. The molecule has 0 amide bonds. The molecule has 120 valence electrons. The molecule has 5 heteroatoms. The molecule has 0 saturated carbocycles. The first-order chi connectivity index (χ1) is 9.84. The van der Waals surface area contributed by atoms with E-state index in [0.717, 1.165) is 31.7 Å². The third kappa shape index (κ3) is 5.67. The minimum atomic E-state index is -4.26. The van der Waals surface area contributed by atoms with Gasteiger partial charge in [0.05, 0.1) is 5.56 Å². The van der Waals surface area contributed by atoms with Gasteiger partial charge in [0, 0.05) is 32.7 Å². The van der Waals surface area contributed by atoms with Gasteiger partial charge in [0.1, 0.15) is 0 Å². The molecule has 0 atom stereocenters. The molecule has 1 aromatic carbocycles. The van der Waals surface area contributed by atoms with Crippen LogP contribution in [0.1, 0.15) is 30.5 Å². The van der Waals surface area contributed by atoms with Crippen LogP contribution in [-0.2, 0) is 12.7 Å². The van der Waals surface area contributed by atoms with Gasteiger partial charge in [0.2, 0.25) is 0 Å². The molecule has 1 aliphatic heterocycles. The van der Waals surface area contributed by atoms with E-state index in [4.69, 9.17) is 0 Å². The van der Waals surface area contributed by atoms with Crippen molar-refractivity contribution in [3.8, 4) is 0 Å². The van der Waals surface area contributed by atoms with Gasteiger partial charge in [-0.1, -0.05) is 25.5 Å². The summed E-state index contributed by atoms with van der Waals surface area (Å²) < 4.78 is 38.3. The molecule has 0 spiro atoms. The van der Waals surface area contributed by atoms with Crippen LogP contribution >= 0.6 is 0 Å². The number of hydrogen-bond acceptors (Lipinski definition) is 2. The fourth-order valence-electron chi connectivity index (χ4n) is 2.38. The highest BCUT2D eigenvalue weighted by Crippen LogP contribution is 2.30. The van der Waals surface area contributed by atoms with Crippen LogP contribution in [0.25, 0.3) is 0 Å². The van der Waals surface area contributed by atoms with Crippen molar-refractivity contribution in [3.63, 3.8) is 0 Å². The first-order valence-corrected chi connectivity index (χ1v) is 7.43. The van der Waals surface area contributed by atoms with Crippen LogP contribution in [0.2, 0.25) is 0 Å². The number of piperazine rings is 1.